The van der Waals surface area contributed by atoms with Gasteiger partial charge in [0.15, 0.2) is 0 Å². The SMILES string of the molecule is CC(N)(CO)CCCSc1cccc(F)c1. The van der Waals surface area contributed by atoms with Crippen molar-refractivity contribution >= 4 is 11.8 Å². The number of benzene rings is 1. The van der Waals surface area contributed by atoms with Gasteiger partial charge in [-0.3, -0.25) is 0 Å². The Morgan fingerprint density at radius 2 is 2.25 bits per heavy atom. The van der Waals surface area contributed by atoms with Crippen molar-refractivity contribution in [1.82, 2.24) is 0 Å². The van der Waals surface area contributed by atoms with E-state index in [0.717, 1.165) is 23.5 Å². The first kappa shape index (κ1) is 13.5. The van der Waals surface area contributed by atoms with Crippen LogP contribution in [0, 0.1) is 5.82 Å². The molecular formula is C12H18FNOS. The van der Waals surface area contributed by atoms with Crippen LogP contribution in [0.2, 0.25) is 0 Å². The van der Waals surface area contributed by atoms with E-state index in [9.17, 15) is 4.39 Å². The van der Waals surface area contributed by atoms with E-state index in [1.165, 1.54) is 12.1 Å². The number of halogens is 1. The Bertz CT molecular complexity index is 331. The highest BCUT2D eigenvalue weighted by atomic mass is 32.2. The molecule has 0 saturated heterocycles. The molecule has 90 valence electrons. The van der Waals surface area contributed by atoms with Crippen molar-refractivity contribution in [2.45, 2.75) is 30.2 Å². The van der Waals surface area contributed by atoms with Gasteiger partial charge in [0, 0.05) is 10.4 Å². The third-order valence-corrected chi connectivity index (χ3v) is 3.40. The van der Waals surface area contributed by atoms with Crippen LogP contribution >= 0.6 is 11.8 Å². The highest BCUT2D eigenvalue weighted by Gasteiger charge is 2.15. The van der Waals surface area contributed by atoms with Gasteiger partial charge in [0.05, 0.1) is 6.61 Å². The summed E-state index contributed by atoms with van der Waals surface area (Å²) in [6, 6.07) is 6.56. The van der Waals surface area contributed by atoms with Crippen LogP contribution in [0.4, 0.5) is 4.39 Å². The fourth-order valence-electron chi connectivity index (χ4n) is 1.30. The lowest BCUT2D eigenvalue weighted by Crippen LogP contribution is -2.40. The molecule has 1 atom stereocenters. The molecule has 1 aromatic rings. The Kier molecular flexibility index (Phi) is 5.25. The Balaban J connectivity index is 2.26. The lowest BCUT2D eigenvalue weighted by atomic mass is 9.99. The summed E-state index contributed by atoms with van der Waals surface area (Å²) in [6.07, 6.45) is 1.68. The molecule has 0 amide bonds. The zero-order chi connectivity index (χ0) is 12.0. The van der Waals surface area contributed by atoms with E-state index in [4.69, 9.17) is 10.8 Å². The van der Waals surface area contributed by atoms with Gasteiger partial charge >= 0.3 is 0 Å². The number of thioether (sulfide) groups is 1. The maximum absolute atomic E-state index is 12.9. The van der Waals surface area contributed by atoms with Crippen molar-refractivity contribution < 1.29 is 9.50 Å². The first-order valence-corrected chi connectivity index (χ1v) is 6.30. The number of aliphatic hydroxyl groups excluding tert-OH is 1. The molecule has 0 aliphatic rings. The maximum Gasteiger partial charge on any atom is 0.124 e. The first-order valence-electron chi connectivity index (χ1n) is 5.32. The van der Waals surface area contributed by atoms with E-state index < -0.39 is 5.54 Å². The predicted molar refractivity (Wildman–Crippen MR) is 66.0 cm³/mol. The lowest BCUT2D eigenvalue weighted by Gasteiger charge is -2.21. The van der Waals surface area contributed by atoms with Gasteiger partial charge in [-0.15, -0.1) is 11.8 Å². The molecule has 0 radical (unpaired) electrons. The van der Waals surface area contributed by atoms with E-state index in [0.29, 0.717) is 0 Å². The van der Waals surface area contributed by atoms with Crippen molar-refractivity contribution in [3.8, 4) is 0 Å². The fourth-order valence-corrected chi connectivity index (χ4v) is 2.20. The molecule has 16 heavy (non-hydrogen) atoms. The molecule has 0 fully saturated rings. The molecule has 1 rings (SSSR count). The fraction of sp³-hybridized carbons (Fsp3) is 0.500. The van der Waals surface area contributed by atoms with Crippen molar-refractivity contribution in [3.63, 3.8) is 0 Å². The second kappa shape index (κ2) is 6.23. The van der Waals surface area contributed by atoms with Crippen LogP contribution < -0.4 is 5.73 Å². The third kappa shape index (κ3) is 4.96. The van der Waals surface area contributed by atoms with Crippen LogP contribution in [0.25, 0.3) is 0 Å². The van der Waals surface area contributed by atoms with Gasteiger partial charge in [-0.05, 0) is 43.7 Å². The Hall–Kier alpha value is -0.580. The molecular weight excluding hydrogens is 225 g/mol. The third-order valence-electron chi connectivity index (χ3n) is 2.32. The van der Waals surface area contributed by atoms with Crippen LogP contribution in [-0.4, -0.2) is 23.0 Å². The van der Waals surface area contributed by atoms with Crippen LogP contribution in [0.1, 0.15) is 19.8 Å². The summed E-state index contributed by atoms with van der Waals surface area (Å²) in [6.45, 7) is 1.83. The average Bonchev–Trinajstić information content (AvgIpc) is 2.25. The standard InChI is InChI=1S/C12H18FNOS/c1-12(14,9-15)6-3-7-16-11-5-2-4-10(13)8-11/h2,4-5,8,15H,3,6-7,9,14H2,1H3. The topological polar surface area (TPSA) is 46.2 Å². The smallest absolute Gasteiger partial charge is 0.124 e. The molecule has 2 nitrogen and oxygen atoms in total. The summed E-state index contributed by atoms with van der Waals surface area (Å²) < 4.78 is 12.9. The van der Waals surface area contributed by atoms with Crippen LogP contribution in [0.3, 0.4) is 0 Å². The Morgan fingerprint density at radius 1 is 1.50 bits per heavy atom. The summed E-state index contributed by atoms with van der Waals surface area (Å²) in [5.41, 5.74) is 5.30. The molecule has 4 heteroatoms. The van der Waals surface area contributed by atoms with Crippen molar-refractivity contribution in [2.24, 2.45) is 5.73 Å². The highest BCUT2D eigenvalue weighted by molar-refractivity contribution is 7.99. The van der Waals surface area contributed by atoms with Gasteiger partial charge in [0.2, 0.25) is 0 Å². The predicted octanol–water partition coefficient (Wildman–Crippen LogP) is 2.41. The molecule has 0 aliphatic carbocycles. The van der Waals surface area contributed by atoms with Crippen LogP contribution in [0.15, 0.2) is 29.2 Å². The molecule has 1 aromatic carbocycles. The number of hydrogen-bond acceptors (Lipinski definition) is 3. The van der Waals surface area contributed by atoms with Crippen LogP contribution in [0.5, 0.6) is 0 Å². The minimum Gasteiger partial charge on any atom is -0.394 e. The van der Waals surface area contributed by atoms with E-state index >= 15 is 0 Å². The number of hydrogen-bond donors (Lipinski definition) is 2. The number of aliphatic hydroxyl groups is 1. The zero-order valence-electron chi connectivity index (χ0n) is 9.45. The van der Waals surface area contributed by atoms with Gasteiger partial charge in [-0.2, -0.15) is 0 Å². The lowest BCUT2D eigenvalue weighted by molar-refractivity contribution is 0.200. The summed E-state index contributed by atoms with van der Waals surface area (Å²) in [4.78, 5) is 0.933. The van der Waals surface area contributed by atoms with Gasteiger partial charge < -0.3 is 10.8 Å². The molecule has 0 aliphatic heterocycles. The minimum atomic E-state index is -0.498. The summed E-state index contributed by atoms with van der Waals surface area (Å²) >= 11 is 1.61. The molecule has 0 heterocycles. The zero-order valence-corrected chi connectivity index (χ0v) is 10.3. The van der Waals surface area contributed by atoms with Crippen molar-refractivity contribution in [1.29, 1.82) is 0 Å². The molecule has 0 spiro atoms. The molecule has 0 aromatic heterocycles. The normalized spacial score (nSPS) is 14.8. The first-order chi connectivity index (χ1) is 7.53. The van der Waals surface area contributed by atoms with Crippen molar-refractivity contribution in [3.05, 3.63) is 30.1 Å². The van der Waals surface area contributed by atoms with E-state index in [1.807, 2.05) is 13.0 Å². The van der Waals surface area contributed by atoms with E-state index in [1.54, 1.807) is 17.8 Å². The Labute approximate surface area is 100 Å². The molecule has 0 bridgehead atoms. The van der Waals surface area contributed by atoms with Crippen molar-refractivity contribution in [2.75, 3.05) is 12.4 Å². The second-order valence-electron chi connectivity index (χ2n) is 4.22. The monoisotopic (exact) mass is 243 g/mol. The molecule has 1 unspecified atom stereocenters. The second-order valence-corrected chi connectivity index (χ2v) is 5.39. The molecule has 3 N–H and O–H groups in total. The Morgan fingerprint density at radius 3 is 2.88 bits per heavy atom. The quantitative estimate of drug-likeness (QED) is 0.596. The van der Waals surface area contributed by atoms with Gasteiger partial charge in [0.25, 0.3) is 0 Å². The van der Waals surface area contributed by atoms with Gasteiger partial charge in [0.1, 0.15) is 5.82 Å². The largest absolute Gasteiger partial charge is 0.394 e. The summed E-state index contributed by atoms with van der Waals surface area (Å²) in [5, 5.41) is 8.97. The summed E-state index contributed by atoms with van der Waals surface area (Å²) in [7, 11) is 0. The minimum absolute atomic E-state index is 0.00235. The number of rotatable bonds is 6. The van der Waals surface area contributed by atoms with E-state index in [-0.39, 0.29) is 12.4 Å². The molecule has 0 saturated carbocycles. The maximum atomic E-state index is 12.9. The summed E-state index contributed by atoms with van der Waals surface area (Å²) in [5.74, 6) is 0.681. The van der Waals surface area contributed by atoms with Gasteiger partial charge in [-0.1, -0.05) is 6.07 Å². The van der Waals surface area contributed by atoms with Crippen LogP contribution in [-0.2, 0) is 0 Å². The van der Waals surface area contributed by atoms with Gasteiger partial charge in [-0.25, -0.2) is 4.39 Å². The van der Waals surface area contributed by atoms with E-state index in [2.05, 4.69) is 0 Å². The highest BCUT2D eigenvalue weighted by Crippen LogP contribution is 2.21. The average molecular weight is 243 g/mol. The number of nitrogens with two attached hydrogens (primary N) is 1.